The molecule has 1 saturated carbocycles. The van der Waals surface area contributed by atoms with Crippen LogP contribution in [0.15, 0.2) is 28.9 Å². The first-order valence-corrected chi connectivity index (χ1v) is 8.34. The van der Waals surface area contributed by atoms with Crippen LogP contribution in [0.1, 0.15) is 67.8 Å². The molecule has 1 aliphatic rings. The van der Waals surface area contributed by atoms with Gasteiger partial charge < -0.3 is 15.6 Å². The molecule has 3 rings (SSSR count). The third-order valence-electron chi connectivity index (χ3n) is 4.50. The largest absolute Gasteiger partial charge is 0.339 e. The van der Waals surface area contributed by atoms with Crippen LogP contribution in [-0.2, 0) is 5.54 Å². The normalized spacial score (nSPS) is 17.1. The Labute approximate surface area is 153 Å². The highest BCUT2D eigenvalue weighted by atomic mass is 35.5. The molecule has 0 bridgehead atoms. The van der Waals surface area contributed by atoms with E-state index in [0.717, 1.165) is 25.7 Å². The van der Waals surface area contributed by atoms with Crippen LogP contribution < -0.4 is 11.1 Å². The maximum atomic E-state index is 12.4. The molecule has 25 heavy (non-hydrogen) atoms. The van der Waals surface area contributed by atoms with Gasteiger partial charge in [-0.15, -0.1) is 12.4 Å². The number of halogens is 1. The molecule has 1 aliphatic carbocycles. The predicted octanol–water partition coefficient (Wildman–Crippen LogP) is 2.74. The minimum absolute atomic E-state index is 0. The number of amides is 1. The Morgan fingerprint density at radius 3 is 2.64 bits per heavy atom. The Morgan fingerprint density at radius 2 is 2.04 bits per heavy atom. The number of rotatable bonds is 5. The van der Waals surface area contributed by atoms with E-state index in [1.165, 1.54) is 0 Å². The first-order valence-electron chi connectivity index (χ1n) is 8.34. The first kappa shape index (κ1) is 19.3. The smallest absolute Gasteiger partial charge is 0.270 e. The van der Waals surface area contributed by atoms with Crippen LogP contribution in [0, 0.1) is 5.92 Å². The van der Waals surface area contributed by atoms with E-state index in [0.29, 0.717) is 17.4 Å². The van der Waals surface area contributed by atoms with Crippen LogP contribution in [0.2, 0.25) is 0 Å². The summed E-state index contributed by atoms with van der Waals surface area (Å²) in [4.78, 5) is 20.9. The average Bonchev–Trinajstić information content (AvgIpc) is 3.23. The summed E-state index contributed by atoms with van der Waals surface area (Å²) in [6, 6.07) is 4.82. The van der Waals surface area contributed by atoms with Gasteiger partial charge in [0.2, 0.25) is 5.89 Å². The molecule has 2 heterocycles. The van der Waals surface area contributed by atoms with Gasteiger partial charge in [0.05, 0.1) is 5.54 Å². The summed E-state index contributed by atoms with van der Waals surface area (Å²) >= 11 is 0. The number of nitrogens with zero attached hydrogens (tertiary/aromatic N) is 3. The maximum Gasteiger partial charge on any atom is 0.270 e. The lowest BCUT2D eigenvalue weighted by Gasteiger charge is -2.19. The van der Waals surface area contributed by atoms with Crippen molar-refractivity contribution in [2.75, 3.05) is 0 Å². The van der Waals surface area contributed by atoms with Crippen molar-refractivity contribution in [1.29, 1.82) is 0 Å². The number of carbonyl (C=O) groups is 1. The molecule has 7 nitrogen and oxygen atoms in total. The quantitative estimate of drug-likeness (QED) is 0.843. The Balaban J connectivity index is 0.00000225. The van der Waals surface area contributed by atoms with Gasteiger partial charge in [-0.3, -0.25) is 9.78 Å². The molecule has 3 N–H and O–H groups in total. The Kier molecular flexibility index (Phi) is 6.13. The van der Waals surface area contributed by atoms with E-state index in [9.17, 15) is 4.79 Å². The van der Waals surface area contributed by atoms with Crippen molar-refractivity contribution in [3.63, 3.8) is 0 Å². The highest BCUT2D eigenvalue weighted by Gasteiger charge is 2.37. The van der Waals surface area contributed by atoms with Crippen LogP contribution in [0.4, 0.5) is 0 Å². The molecule has 8 heteroatoms. The van der Waals surface area contributed by atoms with Crippen molar-refractivity contribution in [2.24, 2.45) is 11.7 Å². The fraction of sp³-hybridized carbons (Fsp3) is 0.529. The second kappa shape index (κ2) is 7.93. The molecule has 136 valence electrons. The second-order valence-corrected chi connectivity index (χ2v) is 6.73. The van der Waals surface area contributed by atoms with E-state index in [1.807, 2.05) is 13.8 Å². The number of hydrogen-bond acceptors (Lipinski definition) is 6. The van der Waals surface area contributed by atoms with E-state index < -0.39 is 5.54 Å². The van der Waals surface area contributed by atoms with Gasteiger partial charge in [-0.05, 0) is 30.9 Å². The number of hydrogen-bond donors (Lipinski definition) is 2. The van der Waals surface area contributed by atoms with Gasteiger partial charge in [-0.2, -0.15) is 4.98 Å². The van der Waals surface area contributed by atoms with E-state index in [-0.39, 0.29) is 30.3 Å². The van der Waals surface area contributed by atoms with Crippen LogP contribution in [-0.4, -0.2) is 21.0 Å². The number of pyridine rings is 1. The predicted molar refractivity (Wildman–Crippen MR) is 95.2 cm³/mol. The van der Waals surface area contributed by atoms with Gasteiger partial charge in [0, 0.05) is 6.20 Å². The summed E-state index contributed by atoms with van der Waals surface area (Å²) in [5.74, 6) is 0.745. The standard InChI is InChI=1S/C17H23N5O2.ClH/c1-11(2)13(20-14(23)12-7-3-6-10-19-12)15-21-16(22-24-15)17(18)8-4-5-9-17;/h3,6-7,10-11,13H,4-5,8-9,18H2,1-2H3,(H,20,23);1H. The van der Waals surface area contributed by atoms with E-state index >= 15 is 0 Å². The molecule has 1 unspecified atom stereocenters. The van der Waals surface area contributed by atoms with Crippen molar-refractivity contribution in [3.8, 4) is 0 Å². The third kappa shape index (κ3) is 4.16. The molecule has 1 amide bonds. The zero-order chi connectivity index (χ0) is 17.2. The van der Waals surface area contributed by atoms with E-state index in [2.05, 4.69) is 20.4 Å². The summed E-state index contributed by atoms with van der Waals surface area (Å²) < 4.78 is 5.43. The Hall–Kier alpha value is -1.99. The van der Waals surface area contributed by atoms with Gasteiger partial charge in [-0.1, -0.05) is 37.9 Å². The van der Waals surface area contributed by atoms with Crippen LogP contribution in [0.5, 0.6) is 0 Å². The number of nitrogens with two attached hydrogens (primary N) is 1. The molecule has 2 aromatic heterocycles. The Bertz CT molecular complexity index is 698. The molecule has 2 aromatic rings. The van der Waals surface area contributed by atoms with Crippen LogP contribution in [0.25, 0.3) is 0 Å². The topological polar surface area (TPSA) is 107 Å². The molecule has 1 atom stereocenters. The van der Waals surface area contributed by atoms with Gasteiger partial charge in [0.1, 0.15) is 11.7 Å². The van der Waals surface area contributed by atoms with Crippen LogP contribution in [0.3, 0.4) is 0 Å². The molecule has 0 spiro atoms. The minimum atomic E-state index is -0.506. The zero-order valence-electron chi connectivity index (χ0n) is 14.4. The lowest BCUT2D eigenvalue weighted by atomic mass is 9.98. The molecular weight excluding hydrogens is 342 g/mol. The Morgan fingerprint density at radius 1 is 1.32 bits per heavy atom. The summed E-state index contributed by atoms with van der Waals surface area (Å²) in [6.45, 7) is 3.97. The molecule has 0 saturated heterocycles. The van der Waals surface area contributed by atoms with Gasteiger partial charge in [0.25, 0.3) is 5.91 Å². The van der Waals surface area contributed by atoms with Crippen molar-refractivity contribution in [2.45, 2.75) is 51.1 Å². The minimum Gasteiger partial charge on any atom is -0.339 e. The molecule has 0 radical (unpaired) electrons. The molecule has 1 fully saturated rings. The highest BCUT2D eigenvalue weighted by Crippen LogP contribution is 2.35. The number of nitrogens with one attached hydrogen (secondary N) is 1. The third-order valence-corrected chi connectivity index (χ3v) is 4.50. The summed E-state index contributed by atoms with van der Waals surface area (Å²) in [7, 11) is 0. The zero-order valence-corrected chi connectivity index (χ0v) is 15.3. The van der Waals surface area contributed by atoms with Gasteiger partial charge in [-0.25, -0.2) is 0 Å². The van der Waals surface area contributed by atoms with Crippen molar-refractivity contribution in [3.05, 3.63) is 41.8 Å². The molecular formula is C17H24ClN5O2. The van der Waals surface area contributed by atoms with Gasteiger partial charge >= 0.3 is 0 Å². The monoisotopic (exact) mass is 365 g/mol. The number of aromatic nitrogens is 3. The number of carbonyl (C=O) groups excluding carboxylic acids is 1. The fourth-order valence-corrected chi connectivity index (χ4v) is 3.02. The van der Waals surface area contributed by atoms with Gasteiger partial charge in [0.15, 0.2) is 5.82 Å². The average molecular weight is 366 g/mol. The SMILES string of the molecule is CC(C)C(NC(=O)c1ccccn1)c1nc(C2(N)CCCC2)no1.Cl. The fourth-order valence-electron chi connectivity index (χ4n) is 3.02. The molecule has 0 aliphatic heterocycles. The summed E-state index contributed by atoms with van der Waals surface area (Å²) in [6.07, 6.45) is 5.45. The highest BCUT2D eigenvalue weighted by molar-refractivity contribution is 5.92. The summed E-state index contributed by atoms with van der Waals surface area (Å²) in [5, 5.41) is 7.00. The van der Waals surface area contributed by atoms with Crippen LogP contribution >= 0.6 is 12.4 Å². The summed E-state index contributed by atoms with van der Waals surface area (Å²) in [5.41, 5.74) is 6.23. The van der Waals surface area contributed by atoms with E-state index in [4.69, 9.17) is 10.3 Å². The van der Waals surface area contributed by atoms with Crippen molar-refractivity contribution in [1.82, 2.24) is 20.4 Å². The lowest BCUT2D eigenvalue weighted by Crippen LogP contribution is -2.35. The lowest BCUT2D eigenvalue weighted by molar-refractivity contribution is 0.0909. The first-order chi connectivity index (χ1) is 11.5. The molecule has 0 aromatic carbocycles. The maximum absolute atomic E-state index is 12.4. The van der Waals surface area contributed by atoms with Crippen molar-refractivity contribution >= 4 is 18.3 Å². The second-order valence-electron chi connectivity index (χ2n) is 6.73. The van der Waals surface area contributed by atoms with E-state index in [1.54, 1.807) is 24.4 Å². The van der Waals surface area contributed by atoms with Crippen molar-refractivity contribution < 1.29 is 9.32 Å².